The van der Waals surface area contributed by atoms with E-state index >= 15 is 0 Å². The predicted molar refractivity (Wildman–Crippen MR) is 65.5 cm³/mol. The second-order valence-corrected chi connectivity index (χ2v) is 3.11. The molecule has 0 spiro atoms. The molecule has 82 valence electrons. The van der Waals surface area contributed by atoms with Gasteiger partial charge in [-0.25, -0.2) is 0 Å². The van der Waals surface area contributed by atoms with Crippen LogP contribution in [0.3, 0.4) is 0 Å². The number of H-pyrrole nitrogens is 1. The molecule has 1 aromatic carbocycles. The quantitative estimate of drug-likeness (QED) is 0.839. The minimum absolute atomic E-state index is 0. The van der Waals surface area contributed by atoms with Crippen LogP contribution in [0.1, 0.15) is 5.69 Å². The van der Waals surface area contributed by atoms with Gasteiger partial charge in [-0.1, -0.05) is 12.1 Å². The molecule has 0 radical (unpaired) electrons. The number of aromatic nitrogens is 2. The highest BCUT2D eigenvalue weighted by atomic mass is 35.5. The molecule has 2 aromatic rings. The zero-order valence-electron chi connectivity index (χ0n) is 8.69. The summed E-state index contributed by atoms with van der Waals surface area (Å²) in [6, 6.07) is 11.6. The Morgan fingerprint density at radius 1 is 1.31 bits per heavy atom. The summed E-state index contributed by atoms with van der Waals surface area (Å²) >= 11 is 0. The van der Waals surface area contributed by atoms with Crippen molar-refractivity contribution in [1.82, 2.24) is 10.2 Å². The van der Waals surface area contributed by atoms with Gasteiger partial charge in [0.2, 0.25) is 0 Å². The third-order valence-corrected chi connectivity index (χ3v) is 2.18. The molecule has 0 fully saturated rings. The predicted octanol–water partition coefficient (Wildman–Crippen LogP) is 2.41. The highest BCUT2D eigenvalue weighted by Gasteiger charge is 2.02. The molecular weight excluding hydrogens is 224 g/mol. The Bertz CT molecular complexity index is 495. The molecule has 0 unspecified atom stereocenters. The molecule has 16 heavy (non-hydrogen) atoms. The molecule has 1 aromatic heterocycles. The van der Waals surface area contributed by atoms with Crippen LogP contribution in [0.5, 0.6) is 0 Å². The van der Waals surface area contributed by atoms with E-state index in [0.717, 1.165) is 16.9 Å². The van der Waals surface area contributed by atoms with Gasteiger partial charge in [-0.15, -0.1) is 12.4 Å². The largest absolute Gasteiger partial charge is 0.388 e. The molecule has 0 bridgehead atoms. The van der Waals surface area contributed by atoms with Crippen LogP contribution in [0.4, 0.5) is 5.69 Å². The fourth-order valence-electron chi connectivity index (χ4n) is 1.34. The van der Waals surface area contributed by atoms with Crippen LogP contribution in [0.25, 0.3) is 11.3 Å². The molecule has 4 nitrogen and oxygen atoms in total. The second-order valence-electron chi connectivity index (χ2n) is 3.11. The van der Waals surface area contributed by atoms with Crippen molar-refractivity contribution >= 4 is 18.1 Å². The summed E-state index contributed by atoms with van der Waals surface area (Å²) in [4.78, 5) is 0. The van der Waals surface area contributed by atoms with Crippen LogP contribution in [-0.4, -0.2) is 17.2 Å². The first-order valence-electron chi connectivity index (χ1n) is 4.57. The van der Waals surface area contributed by atoms with E-state index in [9.17, 15) is 0 Å². The van der Waals surface area contributed by atoms with E-state index in [1.165, 1.54) is 0 Å². The third-order valence-electron chi connectivity index (χ3n) is 2.18. The van der Waals surface area contributed by atoms with Gasteiger partial charge in [0.05, 0.1) is 5.69 Å². The van der Waals surface area contributed by atoms with Crippen molar-refractivity contribution in [2.45, 2.75) is 0 Å². The molecule has 0 aliphatic heterocycles. The average Bonchev–Trinajstić information content (AvgIpc) is 2.78. The smallest absolute Gasteiger partial charge is 0.162 e. The van der Waals surface area contributed by atoms with Crippen LogP contribution in [0.15, 0.2) is 30.3 Å². The van der Waals surface area contributed by atoms with Crippen LogP contribution in [0, 0.1) is 11.3 Å². The summed E-state index contributed by atoms with van der Waals surface area (Å²) in [5.74, 6) is 0. The van der Waals surface area contributed by atoms with E-state index < -0.39 is 0 Å². The number of aromatic amines is 1. The number of halogens is 1. The maximum absolute atomic E-state index is 8.64. The molecular formula is C11H11ClN4. The normalized spacial score (nSPS) is 9.00. The second kappa shape index (κ2) is 5.19. The van der Waals surface area contributed by atoms with Crippen LogP contribution in [-0.2, 0) is 0 Å². The molecule has 0 saturated heterocycles. The Morgan fingerprint density at radius 2 is 2.00 bits per heavy atom. The van der Waals surface area contributed by atoms with Gasteiger partial charge < -0.3 is 5.32 Å². The maximum atomic E-state index is 8.64. The van der Waals surface area contributed by atoms with Crippen LogP contribution < -0.4 is 5.32 Å². The van der Waals surface area contributed by atoms with Gasteiger partial charge in [-0.2, -0.15) is 10.4 Å². The number of nitrogens with one attached hydrogen (secondary N) is 2. The van der Waals surface area contributed by atoms with E-state index in [1.807, 2.05) is 37.4 Å². The van der Waals surface area contributed by atoms with E-state index in [4.69, 9.17) is 5.26 Å². The molecule has 5 heteroatoms. The first-order chi connectivity index (χ1) is 7.33. The Balaban J connectivity index is 0.00000128. The molecule has 0 amide bonds. The average molecular weight is 235 g/mol. The van der Waals surface area contributed by atoms with Crippen molar-refractivity contribution in [3.63, 3.8) is 0 Å². The highest BCUT2D eigenvalue weighted by Crippen LogP contribution is 2.19. The highest BCUT2D eigenvalue weighted by molar-refractivity contribution is 5.85. The summed E-state index contributed by atoms with van der Waals surface area (Å²) in [5, 5.41) is 18.4. The Labute approximate surface area is 99.7 Å². The van der Waals surface area contributed by atoms with Crippen molar-refractivity contribution in [3.8, 4) is 17.3 Å². The number of nitrogens with zero attached hydrogens (tertiary/aromatic N) is 2. The SMILES string of the molecule is CNc1ccc(-c2cc(C#N)n[nH]2)cc1.Cl. The van der Waals surface area contributed by atoms with Crippen LogP contribution >= 0.6 is 12.4 Å². The monoisotopic (exact) mass is 234 g/mol. The number of hydrogen-bond donors (Lipinski definition) is 2. The zero-order chi connectivity index (χ0) is 10.7. The Hall–Kier alpha value is -1.99. The standard InChI is InChI=1S/C11H10N4.ClH/c1-13-9-4-2-8(3-5-9)11-6-10(7-12)14-15-11;/h2-6,13H,1H3,(H,14,15);1H. The number of benzene rings is 1. The van der Waals surface area contributed by atoms with Crippen molar-refractivity contribution in [1.29, 1.82) is 5.26 Å². The van der Waals surface area contributed by atoms with Gasteiger partial charge in [0.1, 0.15) is 6.07 Å². The van der Waals surface area contributed by atoms with Gasteiger partial charge in [0.25, 0.3) is 0 Å². The van der Waals surface area contributed by atoms with Gasteiger partial charge >= 0.3 is 0 Å². The number of anilines is 1. The van der Waals surface area contributed by atoms with Gasteiger partial charge in [0.15, 0.2) is 5.69 Å². The minimum atomic E-state index is 0. The molecule has 2 N–H and O–H groups in total. The fraction of sp³-hybridized carbons (Fsp3) is 0.0909. The van der Waals surface area contributed by atoms with Gasteiger partial charge in [-0.05, 0) is 17.7 Å². The lowest BCUT2D eigenvalue weighted by Gasteiger charge is -2.00. The topological polar surface area (TPSA) is 64.5 Å². The summed E-state index contributed by atoms with van der Waals surface area (Å²) < 4.78 is 0. The van der Waals surface area contributed by atoms with Crippen molar-refractivity contribution in [3.05, 3.63) is 36.0 Å². The first-order valence-corrected chi connectivity index (χ1v) is 4.57. The lowest BCUT2D eigenvalue weighted by Crippen LogP contribution is -1.86. The number of nitriles is 1. The van der Waals surface area contributed by atoms with Gasteiger partial charge in [-0.3, -0.25) is 5.10 Å². The third kappa shape index (κ3) is 2.33. The number of hydrogen-bond acceptors (Lipinski definition) is 3. The first kappa shape index (κ1) is 12.1. The van der Waals surface area contributed by atoms with Crippen molar-refractivity contribution in [2.24, 2.45) is 0 Å². The summed E-state index contributed by atoms with van der Waals surface area (Å²) in [5.41, 5.74) is 3.33. The van der Waals surface area contributed by atoms with Crippen molar-refractivity contribution < 1.29 is 0 Å². The lowest BCUT2D eigenvalue weighted by atomic mass is 10.1. The minimum Gasteiger partial charge on any atom is -0.388 e. The van der Waals surface area contributed by atoms with E-state index in [2.05, 4.69) is 15.5 Å². The molecule has 0 atom stereocenters. The number of rotatable bonds is 2. The summed E-state index contributed by atoms with van der Waals surface area (Å²) in [6.07, 6.45) is 0. The summed E-state index contributed by atoms with van der Waals surface area (Å²) in [6.45, 7) is 0. The lowest BCUT2D eigenvalue weighted by molar-refractivity contribution is 1.08. The van der Waals surface area contributed by atoms with E-state index in [0.29, 0.717) is 5.69 Å². The maximum Gasteiger partial charge on any atom is 0.162 e. The van der Waals surface area contributed by atoms with Crippen molar-refractivity contribution in [2.75, 3.05) is 12.4 Å². The zero-order valence-corrected chi connectivity index (χ0v) is 9.51. The molecule has 2 rings (SSSR count). The molecule has 0 aliphatic rings. The Kier molecular flexibility index (Phi) is 3.92. The summed E-state index contributed by atoms with van der Waals surface area (Å²) in [7, 11) is 1.87. The van der Waals surface area contributed by atoms with Crippen LogP contribution in [0.2, 0.25) is 0 Å². The molecule has 0 aliphatic carbocycles. The molecule has 0 saturated carbocycles. The Morgan fingerprint density at radius 3 is 2.50 bits per heavy atom. The van der Waals surface area contributed by atoms with E-state index in [-0.39, 0.29) is 12.4 Å². The molecule has 1 heterocycles. The van der Waals surface area contributed by atoms with E-state index in [1.54, 1.807) is 6.07 Å². The fourth-order valence-corrected chi connectivity index (χ4v) is 1.34. The van der Waals surface area contributed by atoms with Gasteiger partial charge in [0, 0.05) is 18.8 Å².